The summed E-state index contributed by atoms with van der Waals surface area (Å²) < 4.78 is 10.9. The maximum absolute atomic E-state index is 12.7. The van der Waals surface area contributed by atoms with E-state index in [1.165, 1.54) is 28.7 Å². The summed E-state index contributed by atoms with van der Waals surface area (Å²) in [6.45, 7) is 3.77. The number of para-hydroxylation sites is 2. The van der Waals surface area contributed by atoms with Crippen LogP contribution in [0.2, 0.25) is 0 Å². The number of aromatic nitrogens is 1. The lowest BCUT2D eigenvalue weighted by Crippen LogP contribution is -2.26. The fourth-order valence-corrected chi connectivity index (χ4v) is 4.84. The number of hydrogen-bond donors (Lipinski definition) is 0. The number of ether oxygens (including phenoxy) is 2. The third kappa shape index (κ3) is 5.35. The molecule has 3 aromatic rings. The van der Waals surface area contributed by atoms with E-state index >= 15 is 0 Å². The lowest BCUT2D eigenvalue weighted by atomic mass is 10.1. The zero-order chi connectivity index (χ0) is 24.9. The summed E-state index contributed by atoms with van der Waals surface area (Å²) in [4.78, 5) is 45.2. The zero-order valence-electron chi connectivity index (χ0n) is 19.9. The van der Waals surface area contributed by atoms with Gasteiger partial charge in [0, 0.05) is 31.0 Å². The highest BCUT2D eigenvalue weighted by Crippen LogP contribution is 2.35. The molecule has 35 heavy (non-hydrogen) atoms. The van der Waals surface area contributed by atoms with Gasteiger partial charge in [-0.3, -0.25) is 19.3 Å². The van der Waals surface area contributed by atoms with Crippen molar-refractivity contribution in [2.45, 2.75) is 33.3 Å². The molecular formula is C26H27N3O5S. The number of nitrogens with zero attached hydrogens (tertiary/aromatic N) is 3. The molecule has 9 heteroatoms. The maximum atomic E-state index is 12.7. The van der Waals surface area contributed by atoms with Crippen LogP contribution in [-0.4, -0.2) is 36.4 Å². The van der Waals surface area contributed by atoms with Gasteiger partial charge in [-0.25, -0.2) is 4.98 Å². The van der Waals surface area contributed by atoms with Crippen LogP contribution in [0.1, 0.15) is 31.5 Å². The van der Waals surface area contributed by atoms with E-state index < -0.39 is 11.9 Å². The molecule has 0 saturated carbocycles. The molecule has 1 fully saturated rings. The zero-order valence-corrected chi connectivity index (χ0v) is 20.7. The van der Waals surface area contributed by atoms with Gasteiger partial charge in [0.1, 0.15) is 12.4 Å². The molecule has 0 spiro atoms. The largest absolute Gasteiger partial charge is 0.495 e. The van der Waals surface area contributed by atoms with Crippen molar-refractivity contribution in [1.29, 1.82) is 0 Å². The average Bonchev–Trinajstić information content (AvgIpc) is 3.49. The Hall–Kier alpha value is -3.72. The van der Waals surface area contributed by atoms with Crippen LogP contribution in [0.25, 0.3) is 0 Å². The summed E-state index contributed by atoms with van der Waals surface area (Å²) in [7, 11) is 1.54. The molecule has 4 rings (SSSR count). The molecule has 1 saturated heterocycles. The number of methoxy groups -OCH3 is 1. The molecule has 1 atom stereocenters. The van der Waals surface area contributed by atoms with E-state index in [-0.39, 0.29) is 31.4 Å². The van der Waals surface area contributed by atoms with Gasteiger partial charge in [0.05, 0.1) is 24.4 Å². The second-order valence-electron chi connectivity index (χ2n) is 8.18. The van der Waals surface area contributed by atoms with E-state index in [0.29, 0.717) is 22.3 Å². The number of carbonyl (C=O) groups is 3. The number of thiazole rings is 1. The predicted molar refractivity (Wildman–Crippen MR) is 134 cm³/mol. The SMILES string of the molecule is CCc1ccc(N2CC(C(=O)OCc3csc(N(C(C)=O)c4ccccc4OC)n3)CC2=O)cc1. The smallest absolute Gasteiger partial charge is 0.311 e. The van der Waals surface area contributed by atoms with E-state index in [4.69, 9.17) is 9.47 Å². The van der Waals surface area contributed by atoms with Gasteiger partial charge in [-0.05, 0) is 36.2 Å². The Balaban J connectivity index is 1.39. The number of anilines is 3. The van der Waals surface area contributed by atoms with E-state index in [1.54, 1.807) is 29.5 Å². The summed E-state index contributed by atoms with van der Waals surface area (Å²) >= 11 is 1.27. The molecule has 0 radical (unpaired) electrons. The second-order valence-corrected chi connectivity index (χ2v) is 9.02. The first-order chi connectivity index (χ1) is 16.9. The molecule has 1 aliphatic rings. The molecule has 182 valence electrons. The summed E-state index contributed by atoms with van der Waals surface area (Å²) in [5.41, 5.74) is 3.08. The van der Waals surface area contributed by atoms with Crippen LogP contribution in [0, 0.1) is 5.92 Å². The van der Waals surface area contributed by atoms with Crippen molar-refractivity contribution in [2.75, 3.05) is 23.5 Å². The first-order valence-electron chi connectivity index (χ1n) is 11.3. The number of aryl methyl sites for hydroxylation is 1. The Morgan fingerprint density at radius 1 is 1.17 bits per heavy atom. The van der Waals surface area contributed by atoms with Crippen LogP contribution in [0.3, 0.4) is 0 Å². The van der Waals surface area contributed by atoms with Gasteiger partial charge in [-0.2, -0.15) is 0 Å². The Kier molecular flexibility index (Phi) is 7.45. The summed E-state index contributed by atoms with van der Waals surface area (Å²) in [6.07, 6.45) is 1.03. The van der Waals surface area contributed by atoms with Crippen molar-refractivity contribution < 1.29 is 23.9 Å². The number of benzene rings is 2. The number of rotatable bonds is 8. The normalized spacial score (nSPS) is 15.2. The first kappa shape index (κ1) is 24.4. The van der Waals surface area contributed by atoms with Gasteiger partial charge in [0.15, 0.2) is 5.13 Å². The third-order valence-corrected chi connectivity index (χ3v) is 6.72. The maximum Gasteiger partial charge on any atom is 0.311 e. The summed E-state index contributed by atoms with van der Waals surface area (Å²) in [6, 6.07) is 15.0. The minimum atomic E-state index is -0.534. The van der Waals surface area contributed by atoms with Gasteiger partial charge in [0.25, 0.3) is 0 Å². The molecule has 8 nitrogen and oxygen atoms in total. The standard InChI is InChI=1S/C26H27N3O5S/c1-4-18-9-11-21(12-10-18)28-14-19(13-24(28)31)25(32)34-15-20-16-35-26(27-20)29(17(2)30)22-7-5-6-8-23(22)33-3/h5-12,16,19H,4,13-15H2,1-3H3. The van der Waals surface area contributed by atoms with E-state index in [2.05, 4.69) is 11.9 Å². The Labute approximate surface area is 208 Å². The van der Waals surface area contributed by atoms with Gasteiger partial charge < -0.3 is 14.4 Å². The Morgan fingerprint density at radius 2 is 1.91 bits per heavy atom. The van der Waals surface area contributed by atoms with Crippen LogP contribution in [0.4, 0.5) is 16.5 Å². The van der Waals surface area contributed by atoms with Crippen molar-refractivity contribution in [1.82, 2.24) is 4.98 Å². The number of hydrogen-bond acceptors (Lipinski definition) is 7. The molecule has 0 N–H and O–H groups in total. The van der Waals surface area contributed by atoms with E-state index in [1.807, 2.05) is 36.4 Å². The van der Waals surface area contributed by atoms with Crippen molar-refractivity contribution >= 4 is 45.6 Å². The summed E-state index contributed by atoms with van der Waals surface area (Å²) in [5, 5.41) is 2.20. The molecule has 0 bridgehead atoms. The monoisotopic (exact) mass is 493 g/mol. The second kappa shape index (κ2) is 10.7. The topological polar surface area (TPSA) is 89.0 Å². The van der Waals surface area contributed by atoms with Crippen LogP contribution in [0.5, 0.6) is 5.75 Å². The molecule has 1 unspecified atom stereocenters. The molecule has 1 aromatic heterocycles. The van der Waals surface area contributed by atoms with Crippen molar-refractivity contribution in [3.63, 3.8) is 0 Å². The lowest BCUT2D eigenvalue weighted by Gasteiger charge is -2.20. The van der Waals surface area contributed by atoms with Gasteiger partial charge >= 0.3 is 5.97 Å². The van der Waals surface area contributed by atoms with Crippen LogP contribution < -0.4 is 14.5 Å². The van der Waals surface area contributed by atoms with Crippen molar-refractivity contribution in [2.24, 2.45) is 5.92 Å². The fraction of sp³-hybridized carbons (Fsp3) is 0.308. The molecular weight excluding hydrogens is 466 g/mol. The highest BCUT2D eigenvalue weighted by atomic mass is 32.1. The van der Waals surface area contributed by atoms with Gasteiger partial charge in [-0.1, -0.05) is 31.2 Å². The quantitative estimate of drug-likeness (QED) is 0.430. The minimum Gasteiger partial charge on any atom is -0.495 e. The molecule has 0 aliphatic carbocycles. The minimum absolute atomic E-state index is 0.0388. The van der Waals surface area contributed by atoms with Crippen LogP contribution >= 0.6 is 11.3 Å². The number of carbonyl (C=O) groups excluding carboxylic acids is 3. The fourth-order valence-electron chi connectivity index (χ4n) is 3.98. The molecule has 2 amide bonds. The van der Waals surface area contributed by atoms with Crippen LogP contribution in [0.15, 0.2) is 53.9 Å². The third-order valence-electron chi connectivity index (χ3n) is 5.85. The Morgan fingerprint density at radius 3 is 2.60 bits per heavy atom. The lowest BCUT2D eigenvalue weighted by molar-refractivity contribution is -0.149. The van der Waals surface area contributed by atoms with Crippen LogP contribution in [-0.2, 0) is 32.1 Å². The average molecular weight is 494 g/mol. The predicted octanol–water partition coefficient (Wildman–Crippen LogP) is 4.50. The molecule has 1 aliphatic heterocycles. The highest BCUT2D eigenvalue weighted by Gasteiger charge is 2.36. The van der Waals surface area contributed by atoms with Gasteiger partial charge in [-0.15, -0.1) is 11.3 Å². The first-order valence-corrected chi connectivity index (χ1v) is 12.2. The van der Waals surface area contributed by atoms with Crippen molar-refractivity contribution in [3.05, 3.63) is 65.2 Å². The summed E-state index contributed by atoms with van der Waals surface area (Å²) in [5.74, 6) is -0.738. The molecule has 2 aromatic carbocycles. The Bertz CT molecular complexity index is 1220. The number of amides is 2. The van der Waals surface area contributed by atoms with E-state index in [0.717, 1.165) is 12.1 Å². The van der Waals surface area contributed by atoms with Gasteiger partial charge in [0.2, 0.25) is 11.8 Å². The van der Waals surface area contributed by atoms with Crippen molar-refractivity contribution in [3.8, 4) is 5.75 Å². The highest BCUT2D eigenvalue weighted by molar-refractivity contribution is 7.14. The van der Waals surface area contributed by atoms with E-state index in [9.17, 15) is 14.4 Å². The molecule has 2 heterocycles. The number of esters is 1.